The minimum atomic E-state index is -0.496. The Balaban J connectivity index is 1.85. The third kappa shape index (κ3) is 2.70. The van der Waals surface area contributed by atoms with Crippen molar-refractivity contribution in [2.24, 2.45) is 0 Å². The normalized spacial score (nSPS) is 11.3. The van der Waals surface area contributed by atoms with Crippen molar-refractivity contribution in [3.63, 3.8) is 0 Å². The predicted octanol–water partition coefficient (Wildman–Crippen LogP) is 2.56. The summed E-state index contributed by atoms with van der Waals surface area (Å²) in [7, 11) is 0. The number of hydrogen-bond acceptors (Lipinski definition) is 10. The molecule has 4 aromatic heterocycles. The van der Waals surface area contributed by atoms with E-state index in [4.69, 9.17) is 5.26 Å². The molecule has 0 aliphatic carbocycles. The van der Waals surface area contributed by atoms with Crippen LogP contribution in [0.2, 0.25) is 0 Å². The molecule has 30 heavy (non-hydrogen) atoms. The predicted molar refractivity (Wildman–Crippen MR) is 110 cm³/mol. The molecule has 0 spiro atoms. The third-order valence-corrected chi connectivity index (χ3v) is 6.11. The van der Waals surface area contributed by atoms with Gasteiger partial charge in [0, 0.05) is 24.5 Å². The molecule has 0 saturated carbocycles. The van der Waals surface area contributed by atoms with Crippen molar-refractivity contribution >= 4 is 55.1 Å². The van der Waals surface area contributed by atoms with Crippen molar-refractivity contribution < 1.29 is 4.92 Å². The Labute approximate surface area is 174 Å². The van der Waals surface area contributed by atoms with Crippen LogP contribution >= 0.6 is 23.1 Å². The van der Waals surface area contributed by atoms with E-state index in [9.17, 15) is 14.9 Å². The average molecular weight is 436 g/mol. The summed E-state index contributed by atoms with van der Waals surface area (Å²) in [5, 5.41) is 24.7. The Morgan fingerprint density at radius 1 is 1.20 bits per heavy atom. The highest BCUT2D eigenvalue weighted by molar-refractivity contribution is 7.99. The summed E-state index contributed by atoms with van der Waals surface area (Å²) in [6, 6.07) is 7.81. The SMILES string of the molecule is N#CCSc1nn2c(=O)c3sc4nccnc4c3nc2n1-c1ccc([N+](=O)[O-])cc1. The lowest BCUT2D eigenvalue weighted by Gasteiger charge is -2.06. The van der Waals surface area contributed by atoms with Crippen molar-refractivity contribution in [2.45, 2.75) is 5.16 Å². The third-order valence-electron chi connectivity index (χ3n) is 4.25. The van der Waals surface area contributed by atoms with E-state index in [2.05, 4.69) is 20.1 Å². The van der Waals surface area contributed by atoms with Gasteiger partial charge in [-0.2, -0.15) is 9.78 Å². The molecule has 1 aromatic carbocycles. The van der Waals surface area contributed by atoms with Gasteiger partial charge < -0.3 is 0 Å². The van der Waals surface area contributed by atoms with Gasteiger partial charge >= 0.3 is 0 Å². The molecule has 0 amide bonds. The van der Waals surface area contributed by atoms with E-state index in [0.717, 1.165) is 11.8 Å². The van der Waals surface area contributed by atoms with Gasteiger partial charge in [-0.1, -0.05) is 11.8 Å². The molecule has 0 fully saturated rings. The minimum absolute atomic E-state index is 0.0685. The average Bonchev–Trinajstić information content (AvgIpc) is 3.31. The van der Waals surface area contributed by atoms with Crippen molar-refractivity contribution in [3.05, 3.63) is 57.1 Å². The molecule has 0 aliphatic heterocycles. The van der Waals surface area contributed by atoms with E-state index < -0.39 is 4.92 Å². The van der Waals surface area contributed by atoms with Crippen LogP contribution in [0.3, 0.4) is 0 Å². The molecule has 0 N–H and O–H groups in total. The fourth-order valence-corrected chi connectivity index (χ4v) is 4.60. The number of nitrogens with zero attached hydrogens (tertiary/aromatic N) is 8. The first-order valence-corrected chi connectivity index (χ1v) is 10.2. The highest BCUT2D eigenvalue weighted by atomic mass is 32.2. The van der Waals surface area contributed by atoms with E-state index in [1.165, 1.54) is 46.3 Å². The smallest absolute Gasteiger partial charge is 0.266 e. The van der Waals surface area contributed by atoms with Gasteiger partial charge in [-0.3, -0.25) is 19.5 Å². The largest absolute Gasteiger partial charge is 0.293 e. The van der Waals surface area contributed by atoms with Crippen LogP contribution in [0.5, 0.6) is 0 Å². The van der Waals surface area contributed by atoms with Crippen molar-refractivity contribution in [1.82, 2.24) is 29.1 Å². The van der Waals surface area contributed by atoms with Gasteiger partial charge in [-0.25, -0.2) is 15.0 Å². The number of fused-ring (bicyclic) bond motifs is 4. The summed E-state index contributed by atoms with van der Waals surface area (Å²) in [5.74, 6) is 0.320. The van der Waals surface area contributed by atoms with Crippen LogP contribution in [0.15, 0.2) is 46.6 Å². The van der Waals surface area contributed by atoms with E-state index in [1.54, 1.807) is 10.8 Å². The van der Waals surface area contributed by atoms with Gasteiger partial charge in [0.05, 0.1) is 22.4 Å². The van der Waals surface area contributed by atoms with Crippen LogP contribution in [-0.2, 0) is 0 Å². The Bertz CT molecular complexity index is 1560. The molecule has 5 aromatic rings. The maximum atomic E-state index is 13.1. The Morgan fingerprint density at radius 2 is 1.97 bits per heavy atom. The van der Waals surface area contributed by atoms with Crippen LogP contribution in [0.1, 0.15) is 0 Å². The molecule has 0 aliphatic rings. The lowest BCUT2D eigenvalue weighted by atomic mass is 10.3. The summed E-state index contributed by atoms with van der Waals surface area (Å²) in [6.07, 6.45) is 3.07. The number of nitriles is 1. The standard InChI is InChI=1S/C17H8N8O3S2/c18-5-8-29-17-22-24-15(26)13-11(12-14(30-13)20-7-6-19-12)21-16(24)23(17)9-1-3-10(4-2-9)25(27)28/h1-4,6-7H,8H2. The molecular formula is C17H8N8O3S2. The number of aromatic nitrogens is 6. The number of benzene rings is 1. The van der Waals surface area contributed by atoms with E-state index >= 15 is 0 Å². The maximum Gasteiger partial charge on any atom is 0.293 e. The number of hydrogen-bond donors (Lipinski definition) is 0. The zero-order valence-corrected chi connectivity index (χ0v) is 16.4. The minimum Gasteiger partial charge on any atom is -0.266 e. The van der Waals surface area contributed by atoms with Crippen molar-refractivity contribution in [3.8, 4) is 11.8 Å². The van der Waals surface area contributed by atoms with E-state index in [0.29, 0.717) is 31.4 Å². The van der Waals surface area contributed by atoms with E-state index in [-0.39, 0.29) is 22.8 Å². The second kappa shape index (κ2) is 6.87. The molecule has 0 unspecified atom stereocenters. The topological polar surface area (TPSA) is 145 Å². The number of nitro benzene ring substituents is 1. The summed E-state index contributed by atoms with van der Waals surface area (Å²) >= 11 is 2.32. The van der Waals surface area contributed by atoms with Crippen LogP contribution in [0.4, 0.5) is 5.69 Å². The summed E-state index contributed by atoms with van der Waals surface area (Å²) < 4.78 is 3.13. The Hall–Kier alpha value is -3.89. The zero-order valence-electron chi connectivity index (χ0n) is 14.8. The second-order valence-corrected chi connectivity index (χ2v) is 7.90. The van der Waals surface area contributed by atoms with E-state index in [1.807, 2.05) is 6.07 Å². The lowest BCUT2D eigenvalue weighted by Crippen LogP contribution is -2.15. The first kappa shape index (κ1) is 18.2. The molecule has 5 rings (SSSR count). The highest BCUT2D eigenvalue weighted by Crippen LogP contribution is 2.29. The molecule has 13 heteroatoms. The first-order valence-electron chi connectivity index (χ1n) is 8.38. The van der Waals surface area contributed by atoms with Gasteiger partial charge in [0.1, 0.15) is 20.6 Å². The number of thioether (sulfide) groups is 1. The first-order chi connectivity index (χ1) is 14.6. The molecule has 11 nitrogen and oxygen atoms in total. The van der Waals surface area contributed by atoms with Crippen LogP contribution in [0, 0.1) is 21.4 Å². The fourth-order valence-electron chi connectivity index (χ4n) is 2.99. The van der Waals surface area contributed by atoms with Crippen molar-refractivity contribution in [1.29, 1.82) is 5.26 Å². The fraction of sp³-hybridized carbons (Fsp3) is 0.0588. The highest BCUT2D eigenvalue weighted by Gasteiger charge is 2.21. The number of nitro groups is 1. The molecular weight excluding hydrogens is 428 g/mol. The summed E-state index contributed by atoms with van der Waals surface area (Å²) in [6.45, 7) is 0. The molecule has 0 saturated heterocycles. The second-order valence-electron chi connectivity index (χ2n) is 5.96. The molecule has 0 atom stereocenters. The Morgan fingerprint density at radius 3 is 2.70 bits per heavy atom. The van der Waals surface area contributed by atoms with Gasteiger partial charge in [-0.15, -0.1) is 16.4 Å². The van der Waals surface area contributed by atoms with Crippen molar-refractivity contribution in [2.75, 3.05) is 5.75 Å². The monoisotopic (exact) mass is 436 g/mol. The van der Waals surface area contributed by atoms with Crippen LogP contribution in [0.25, 0.3) is 32.0 Å². The Kier molecular flexibility index (Phi) is 4.16. The number of rotatable bonds is 4. The lowest BCUT2D eigenvalue weighted by molar-refractivity contribution is -0.384. The molecule has 0 bridgehead atoms. The number of thiophene rings is 1. The molecule has 146 valence electrons. The maximum absolute atomic E-state index is 13.1. The quantitative estimate of drug-likeness (QED) is 0.236. The zero-order chi connectivity index (χ0) is 20.8. The van der Waals surface area contributed by atoms with Gasteiger partial charge in [0.25, 0.3) is 11.2 Å². The van der Waals surface area contributed by atoms with Crippen LogP contribution < -0.4 is 5.56 Å². The van der Waals surface area contributed by atoms with Gasteiger partial charge in [0.2, 0.25) is 5.78 Å². The number of non-ortho nitro benzene ring substituents is 1. The molecule has 0 radical (unpaired) electrons. The molecule has 4 heterocycles. The van der Waals surface area contributed by atoms with Gasteiger partial charge in [0.15, 0.2) is 5.16 Å². The summed E-state index contributed by atoms with van der Waals surface area (Å²) in [4.78, 5) is 37.3. The van der Waals surface area contributed by atoms with Gasteiger partial charge in [-0.05, 0) is 12.1 Å². The summed E-state index contributed by atoms with van der Waals surface area (Å²) in [5.41, 5.74) is 1.00. The van der Waals surface area contributed by atoms with Crippen LogP contribution in [-0.4, -0.2) is 39.8 Å².